The Morgan fingerprint density at radius 3 is 2.23 bits per heavy atom. The number of hydrogen-bond acceptors (Lipinski definition) is 5. The maximum atomic E-state index is 10.1. The van der Waals surface area contributed by atoms with Crippen molar-refractivity contribution in [2.75, 3.05) is 19.0 Å². The maximum Gasteiger partial charge on any atom is 0.195 e. The largest absolute Gasteiger partial charge is 0.441 e. The van der Waals surface area contributed by atoms with E-state index in [1.165, 1.54) is 0 Å². The smallest absolute Gasteiger partial charge is 0.195 e. The van der Waals surface area contributed by atoms with Gasteiger partial charge < -0.3 is 9.32 Å². The van der Waals surface area contributed by atoms with E-state index >= 15 is 0 Å². The highest BCUT2D eigenvalue weighted by Crippen LogP contribution is 2.26. The van der Waals surface area contributed by atoms with Gasteiger partial charge in [-0.3, -0.25) is 0 Å². The number of anilines is 1. The van der Waals surface area contributed by atoms with Crippen molar-refractivity contribution in [1.29, 1.82) is 5.26 Å². The highest BCUT2D eigenvalue weighted by molar-refractivity contribution is 5.77. The number of furan rings is 1. The summed E-state index contributed by atoms with van der Waals surface area (Å²) in [6.07, 6.45) is 1.86. The zero-order valence-electron chi connectivity index (χ0n) is 17.1. The average Bonchev–Trinajstić information content (AvgIpc) is 3.50. The Morgan fingerprint density at radius 1 is 0.935 bits per heavy atom. The molecule has 0 fully saturated rings. The molecule has 0 amide bonds. The first kappa shape index (κ1) is 18.6. The second kappa shape index (κ2) is 7.47. The first-order valence-corrected chi connectivity index (χ1v) is 9.88. The molecule has 0 saturated heterocycles. The quantitative estimate of drug-likeness (QED) is 0.449. The van der Waals surface area contributed by atoms with Crippen molar-refractivity contribution in [3.63, 3.8) is 0 Å². The van der Waals surface area contributed by atoms with E-state index in [0.717, 1.165) is 22.7 Å². The van der Waals surface area contributed by atoms with E-state index < -0.39 is 0 Å². The lowest BCUT2D eigenvalue weighted by Gasteiger charge is -2.05. The van der Waals surface area contributed by atoms with Gasteiger partial charge in [0.25, 0.3) is 0 Å². The minimum atomic E-state index is 0.517. The van der Waals surface area contributed by atoms with Gasteiger partial charge in [0.1, 0.15) is 11.8 Å². The first-order valence-electron chi connectivity index (χ1n) is 9.88. The Kier molecular flexibility index (Phi) is 4.49. The molecule has 2 aromatic carbocycles. The van der Waals surface area contributed by atoms with E-state index in [2.05, 4.69) is 6.07 Å². The molecule has 0 N–H and O–H groups in total. The molecule has 5 aromatic rings. The third-order valence-corrected chi connectivity index (χ3v) is 5.10. The molecule has 150 valence electrons. The fourth-order valence-electron chi connectivity index (χ4n) is 3.61. The van der Waals surface area contributed by atoms with Gasteiger partial charge in [0, 0.05) is 36.5 Å². The monoisotopic (exact) mass is 405 g/mol. The van der Waals surface area contributed by atoms with Crippen molar-refractivity contribution < 1.29 is 4.42 Å². The summed E-state index contributed by atoms with van der Waals surface area (Å²) in [6, 6.07) is 25.8. The van der Waals surface area contributed by atoms with Crippen molar-refractivity contribution in [1.82, 2.24) is 14.6 Å². The molecule has 0 bridgehead atoms. The van der Waals surface area contributed by atoms with Gasteiger partial charge in [-0.05, 0) is 12.1 Å². The van der Waals surface area contributed by atoms with E-state index in [-0.39, 0.29) is 0 Å². The van der Waals surface area contributed by atoms with Crippen molar-refractivity contribution in [3.8, 4) is 28.7 Å². The molecular weight excluding hydrogens is 386 g/mol. The van der Waals surface area contributed by atoms with E-state index in [4.69, 9.17) is 14.5 Å². The van der Waals surface area contributed by atoms with Crippen LogP contribution in [0.2, 0.25) is 0 Å². The molecule has 6 nitrogen and oxygen atoms in total. The summed E-state index contributed by atoms with van der Waals surface area (Å²) in [6.45, 7) is 0. The second-order valence-corrected chi connectivity index (χ2v) is 7.37. The highest BCUT2D eigenvalue weighted by Gasteiger charge is 2.21. The van der Waals surface area contributed by atoms with Gasteiger partial charge >= 0.3 is 0 Å². The molecule has 0 aliphatic rings. The first-order chi connectivity index (χ1) is 15.2. The molecule has 31 heavy (non-hydrogen) atoms. The summed E-state index contributed by atoms with van der Waals surface area (Å²) in [5.41, 5.74) is 3.68. The highest BCUT2D eigenvalue weighted by atomic mass is 16.4. The molecule has 0 unspecified atom stereocenters. The topological polar surface area (TPSA) is 70.4 Å². The number of fused-ring (bicyclic) bond motifs is 1. The molecule has 0 aliphatic carbocycles. The van der Waals surface area contributed by atoms with Crippen LogP contribution in [0, 0.1) is 11.3 Å². The lowest BCUT2D eigenvalue weighted by atomic mass is 10.1. The van der Waals surface area contributed by atoms with Crippen molar-refractivity contribution in [3.05, 3.63) is 89.3 Å². The van der Waals surface area contributed by atoms with Crippen LogP contribution in [0.4, 0.5) is 5.88 Å². The van der Waals surface area contributed by atoms with Crippen LogP contribution in [0.15, 0.2) is 77.2 Å². The minimum Gasteiger partial charge on any atom is -0.441 e. The molecule has 3 heterocycles. The van der Waals surface area contributed by atoms with Crippen LogP contribution in [0.3, 0.4) is 0 Å². The van der Waals surface area contributed by atoms with Crippen LogP contribution in [0.5, 0.6) is 0 Å². The van der Waals surface area contributed by atoms with Crippen LogP contribution in [0.1, 0.15) is 11.3 Å². The van der Waals surface area contributed by atoms with Gasteiger partial charge in [0.15, 0.2) is 17.4 Å². The predicted molar refractivity (Wildman–Crippen MR) is 120 cm³/mol. The van der Waals surface area contributed by atoms with Crippen LogP contribution in [-0.2, 0) is 0 Å². The van der Waals surface area contributed by atoms with Gasteiger partial charge in [-0.2, -0.15) is 5.26 Å². The predicted octanol–water partition coefficient (Wildman–Crippen LogP) is 4.14. The minimum absolute atomic E-state index is 0.517. The molecular formula is C25H19N5O. The summed E-state index contributed by atoms with van der Waals surface area (Å²) in [7, 11) is 3.84. The summed E-state index contributed by atoms with van der Waals surface area (Å²) in [5.74, 6) is 2.00. The lowest BCUT2D eigenvalue weighted by molar-refractivity contribution is 0.555. The fraction of sp³-hybridized carbons (Fsp3) is 0.0800. The molecule has 5 rings (SSSR count). The number of benzene rings is 2. The van der Waals surface area contributed by atoms with Crippen molar-refractivity contribution in [2.24, 2.45) is 0 Å². The number of nitrogens with zero attached hydrogens (tertiary/aromatic N) is 5. The second-order valence-electron chi connectivity index (χ2n) is 7.37. The average molecular weight is 405 g/mol. The standard InChI is InChI=1S/C25H19N5O/c1-29(2)22-14-13-19(31-22)15-20-21(16-26)23(17-9-5-3-6-10-17)30-25(20)27-24(28-30)18-11-7-4-8-12-18/h3-15H,1-2H3/b20-15-. The van der Waals surface area contributed by atoms with E-state index in [1.807, 2.05) is 97.9 Å². The molecule has 0 saturated carbocycles. The van der Waals surface area contributed by atoms with Gasteiger partial charge in [0.05, 0.1) is 11.3 Å². The third kappa shape index (κ3) is 3.22. The molecule has 0 spiro atoms. The number of rotatable bonds is 4. The maximum absolute atomic E-state index is 10.1. The van der Waals surface area contributed by atoms with E-state index in [1.54, 1.807) is 4.52 Å². The molecule has 6 heteroatoms. The third-order valence-electron chi connectivity index (χ3n) is 5.10. The fourth-order valence-corrected chi connectivity index (χ4v) is 3.61. The summed E-state index contributed by atoms with van der Waals surface area (Å²) >= 11 is 0. The molecule has 3 aromatic heterocycles. The molecule has 0 aliphatic heterocycles. The zero-order valence-corrected chi connectivity index (χ0v) is 17.1. The Morgan fingerprint density at radius 2 is 1.61 bits per heavy atom. The van der Waals surface area contributed by atoms with E-state index in [9.17, 15) is 5.26 Å². The summed E-state index contributed by atoms with van der Waals surface area (Å²) in [4.78, 5) is 6.69. The van der Waals surface area contributed by atoms with Crippen LogP contribution >= 0.6 is 0 Å². The number of hydrogen-bond donors (Lipinski definition) is 0. The Hall–Kier alpha value is -4.37. The SMILES string of the molecule is CN(C)c1ccc(/C=c2/c(C#N)c(-c3ccccc3)n3nc(-c4ccccc4)nc23)o1. The summed E-state index contributed by atoms with van der Waals surface area (Å²) in [5, 5.41) is 15.5. The Balaban J connectivity index is 1.82. The van der Waals surface area contributed by atoms with Crippen molar-refractivity contribution >= 4 is 17.6 Å². The van der Waals surface area contributed by atoms with Gasteiger partial charge in [-0.15, -0.1) is 5.10 Å². The Bertz CT molecular complexity index is 1460. The van der Waals surface area contributed by atoms with Crippen molar-refractivity contribution in [2.45, 2.75) is 0 Å². The van der Waals surface area contributed by atoms with Crippen LogP contribution in [-0.4, -0.2) is 28.7 Å². The van der Waals surface area contributed by atoms with Gasteiger partial charge in [0.2, 0.25) is 0 Å². The number of aromatic nitrogens is 3. The zero-order chi connectivity index (χ0) is 21.4. The van der Waals surface area contributed by atoms with Crippen LogP contribution < -0.4 is 10.1 Å². The lowest BCUT2D eigenvalue weighted by Crippen LogP contribution is -2.07. The summed E-state index contributed by atoms with van der Waals surface area (Å²) < 4.78 is 7.67. The van der Waals surface area contributed by atoms with Gasteiger partial charge in [-0.1, -0.05) is 60.7 Å². The van der Waals surface area contributed by atoms with E-state index in [0.29, 0.717) is 28.0 Å². The normalized spacial score (nSPS) is 11.7. The number of nitriles is 1. The molecule has 0 radical (unpaired) electrons. The molecule has 0 atom stereocenters. The van der Waals surface area contributed by atoms with Crippen LogP contribution in [0.25, 0.3) is 34.4 Å². The van der Waals surface area contributed by atoms with Gasteiger partial charge in [-0.25, -0.2) is 9.50 Å². The Labute approximate surface area is 179 Å².